The van der Waals surface area contributed by atoms with Crippen molar-refractivity contribution in [1.82, 2.24) is 9.78 Å². The first-order valence-corrected chi connectivity index (χ1v) is 9.16. The van der Waals surface area contributed by atoms with E-state index in [1.54, 1.807) is 0 Å². The van der Waals surface area contributed by atoms with E-state index in [0.717, 1.165) is 35.5 Å². The number of nitrogens with one attached hydrogen (secondary N) is 1. The minimum absolute atomic E-state index is 0.152. The number of carbonyl (C=O) groups is 1. The van der Waals surface area contributed by atoms with Crippen molar-refractivity contribution in [3.63, 3.8) is 0 Å². The van der Waals surface area contributed by atoms with Crippen molar-refractivity contribution in [2.24, 2.45) is 0 Å². The van der Waals surface area contributed by atoms with Crippen LogP contribution in [0.15, 0.2) is 42.5 Å². The van der Waals surface area contributed by atoms with Crippen LogP contribution >= 0.6 is 11.6 Å². The monoisotopic (exact) mass is 365 g/mol. The van der Waals surface area contributed by atoms with Gasteiger partial charge in [0.05, 0.1) is 16.9 Å². The number of benzene rings is 2. The minimum Gasteiger partial charge on any atom is -0.338 e. The number of hydrogen-bond donors (Lipinski definition) is 1. The smallest absolute Gasteiger partial charge is 0.168 e. The maximum absolute atomic E-state index is 12.6. The molecule has 0 atom stereocenters. The third-order valence-corrected chi connectivity index (χ3v) is 5.26. The molecule has 0 saturated carbocycles. The molecule has 0 amide bonds. The van der Waals surface area contributed by atoms with Crippen LogP contribution in [0.1, 0.15) is 40.0 Å². The normalized spacial score (nSPS) is 13.6. The van der Waals surface area contributed by atoms with Gasteiger partial charge in [-0.3, -0.25) is 4.79 Å². The number of ketones is 1. The van der Waals surface area contributed by atoms with Crippen LogP contribution in [0.2, 0.25) is 5.02 Å². The van der Waals surface area contributed by atoms with E-state index in [9.17, 15) is 4.79 Å². The summed E-state index contributed by atoms with van der Waals surface area (Å²) < 4.78 is 1.87. The van der Waals surface area contributed by atoms with E-state index in [1.807, 2.05) is 41.1 Å². The molecule has 3 aromatic rings. The highest BCUT2D eigenvalue weighted by Crippen LogP contribution is 2.33. The predicted octanol–water partition coefficient (Wildman–Crippen LogP) is 5.41. The first-order valence-electron chi connectivity index (χ1n) is 8.79. The molecule has 1 heterocycles. The number of carbonyl (C=O) groups excluding carboxylic acids is 1. The van der Waals surface area contributed by atoms with E-state index in [2.05, 4.69) is 25.2 Å². The fraction of sp³-hybridized carbons (Fsp3) is 0.238. The van der Waals surface area contributed by atoms with Gasteiger partial charge in [0, 0.05) is 17.1 Å². The van der Waals surface area contributed by atoms with Crippen LogP contribution in [0.4, 0.5) is 11.5 Å². The molecule has 1 N–H and O–H groups in total. The van der Waals surface area contributed by atoms with Gasteiger partial charge in [-0.15, -0.1) is 5.10 Å². The van der Waals surface area contributed by atoms with Gasteiger partial charge in [0.1, 0.15) is 0 Å². The van der Waals surface area contributed by atoms with Gasteiger partial charge in [-0.1, -0.05) is 23.7 Å². The quantitative estimate of drug-likeness (QED) is 0.675. The van der Waals surface area contributed by atoms with Crippen LogP contribution in [0.3, 0.4) is 0 Å². The Morgan fingerprint density at radius 1 is 1.08 bits per heavy atom. The molecule has 0 saturated heterocycles. The number of nitrogens with zero attached hydrogens (tertiary/aromatic N) is 2. The predicted molar refractivity (Wildman–Crippen MR) is 105 cm³/mol. The Bertz CT molecular complexity index is 989. The van der Waals surface area contributed by atoms with Gasteiger partial charge >= 0.3 is 0 Å². The number of Topliss-reactive ketones (excluding diaryl/α,β-unsaturated/α-hetero) is 1. The summed E-state index contributed by atoms with van der Waals surface area (Å²) in [7, 11) is 0. The fourth-order valence-corrected chi connectivity index (χ4v) is 3.54. The molecule has 0 unspecified atom stereocenters. The molecule has 4 nitrogen and oxygen atoms in total. The van der Waals surface area contributed by atoms with Crippen LogP contribution < -0.4 is 5.32 Å². The van der Waals surface area contributed by atoms with Gasteiger partial charge in [0.2, 0.25) is 0 Å². The van der Waals surface area contributed by atoms with Crippen molar-refractivity contribution in [1.29, 1.82) is 0 Å². The third kappa shape index (κ3) is 2.90. The number of rotatable bonds is 3. The Hall–Kier alpha value is -2.59. The summed E-state index contributed by atoms with van der Waals surface area (Å²) in [5.74, 6) is 0.785. The zero-order chi connectivity index (χ0) is 18.3. The molecule has 0 fully saturated rings. The zero-order valence-electron chi connectivity index (χ0n) is 14.8. The van der Waals surface area contributed by atoms with E-state index in [-0.39, 0.29) is 5.78 Å². The molecule has 4 rings (SSSR count). The standard InChI is InChI=1S/C21H20ClN3O/c1-13-5-3-6-17(14(13)2)23-21-20-18(7-4-8-19(20)26)25(24-21)16-11-9-15(22)10-12-16/h3,5-6,9-12H,4,7-8H2,1-2H3,(H,23,24). The Kier molecular flexibility index (Phi) is 4.29. The second-order valence-corrected chi connectivity index (χ2v) is 7.14. The highest BCUT2D eigenvalue weighted by molar-refractivity contribution is 6.30. The topological polar surface area (TPSA) is 46.9 Å². The lowest BCUT2D eigenvalue weighted by molar-refractivity contribution is 0.0973. The minimum atomic E-state index is 0.152. The number of halogens is 1. The second-order valence-electron chi connectivity index (χ2n) is 6.71. The maximum atomic E-state index is 12.6. The lowest BCUT2D eigenvalue weighted by atomic mass is 9.95. The molecule has 0 bridgehead atoms. The van der Waals surface area contributed by atoms with E-state index in [1.165, 1.54) is 5.56 Å². The number of fused-ring (bicyclic) bond motifs is 1. The Labute approximate surface area is 157 Å². The Morgan fingerprint density at radius 3 is 2.62 bits per heavy atom. The summed E-state index contributed by atoms with van der Waals surface area (Å²) in [5, 5.41) is 8.82. The highest BCUT2D eigenvalue weighted by Gasteiger charge is 2.28. The lowest BCUT2D eigenvalue weighted by Gasteiger charge is -2.14. The molecule has 1 aliphatic rings. The van der Waals surface area contributed by atoms with Crippen molar-refractivity contribution in [3.05, 3.63) is 69.9 Å². The second kappa shape index (κ2) is 6.61. The van der Waals surface area contributed by atoms with Crippen molar-refractivity contribution >= 4 is 28.9 Å². The van der Waals surface area contributed by atoms with E-state index >= 15 is 0 Å². The SMILES string of the molecule is Cc1cccc(Nc2nn(-c3ccc(Cl)cc3)c3c2C(=O)CCC3)c1C. The van der Waals surface area contributed by atoms with Crippen molar-refractivity contribution in [3.8, 4) is 5.69 Å². The van der Waals surface area contributed by atoms with Crippen LogP contribution in [-0.4, -0.2) is 15.6 Å². The van der Waals surface area contributed by atoms with Crippen molar-refractivity contribution in [2.45, 2.75) is 33.1 Å². The molecular formula is C21H20ClN3O. The summed E-state index contributed by atoms with van der Waals surface area (Å²) in [4.78, 5) is 12.6. The van der Waals surface area contributed by atoms with Crippen LogP contribution in [0, 0.1) is 13.8 Å². The lowest BCUT2D eigenvalue weighted by Crippen LogP contribution is -2.13. The molecular weight excluding hydrogens is 346 g/mol. The molecule has 1 aliphatic carbocycles. The van der Waals surface area contributed by atoms with Gasteiger partial charge in [0.15, 0.2) is 11.6 Å². The van der Waals surface area contributed by atoms with Gasteiger partial charge in [-0.05, 0) is 68.1 Å². The van der Waals surface area contributed by atoms with Crippen molar-refractivity contribution < 1.29 is 4.79 Å². The molecule has 5 heteroatoms. The number of anilines is 2. The maximum Gasteiger partial charge on any atom is 0.168 e. The summed E-state index contributed by atoms with van der Waals surface area (Å²) in [6.45, 7) is 4.15. The molecule has 0 aliphatic heterocycles. The van der Waals surface area contributed by atoms with Crippen LogP contribution in [0.5, 0.6) is 0 Å². The average molecular weight is 366 g/mol. The Morgan fingerprint density at radius 2 is 1.85 bits per heavy atom. The Balaban J connectivity index is 1.83. The molecule has 1 aromatic heterocycles. The summed E-state index contributed by atoms with van der Waals surface area (Å²) in [5.41, 5.74) is 5.93. The highest BCUT2D eigenvalue weighted by atomic mass is 35.5. The van der Waals surface area contributed by atoms with Crippen LogP contribution in [0.25, 0.3) is 5.69 Å². The molecule has 132 valence electrons. The van der Waals surface area contributed by atoms with Gasteiger partial charge in [-0.25, -0.2) is 4.68 Å². The van der Waals surface area contributed by atoms with Crippen molar-refractivity contribution in [2.75, 3.05) is 5.32 Å². The zero-order valence-corrected chi connectivity index (χ0v) is 15.6. The van der Waals surface area contributed by atoms with E-state index in [0.29, 0.717) is 22.8 Å². The molecule has 26 heavy (non-hydrogen) atoms. The van der Waals surface area contributed by atoms with Gasteiger partial charge < -0.3 is 5.32 Å². The van der Waals surface area contributed by atoms with E-state index < -0.39 is 0 Å². The first-order chi connectivity index (χ1) is 12.5. The number of aryl methyl sites for hydroxylation is 1. The van der Waals surface area contributed by atoms with Gasteiger partial charge in [-0.2, -0.15) is 0 Å². The molecule has 0 radical (unpaired) electrons. The fourth-order valence-electron chi connectivity index (χ4n) is 3.42. The number of aromatic nitrogens is 2. The molecule has 2 aromatic carbocycles. The molecule has 0 spiro atoms. The average Bonchev–Trinajstić information content (AvgIpc) is 2.99. The summed E-state index contributed by atoms with van der Waals surface area (Å²) in [6, 6.07) is 13.6. The first kappa shape index (κ1) is 16.9. The largest absolute Gasteiger partial charge is 0.338 e. The number of hydrogen-bond acceptors (Lipinski definition) is 3. The third-order valence-electron chi connectivity index (χ3n) is 5.01. The van der Waals surface area contributed by atoms with E-state index in [4.69, 9.17) is 16.7 Å². The summed E-state index contributed by atoms with van der Waals surface area (Å²) >= 11 is 6.01. The van der Waals surface area contributed by atoms with Gasteiger partial charge in [0.25, 0.3) is 0 Å². The van der Waals surface area contributed by atoms with Crippen LogP contribution in [-0.2, 0) is 6.42 Å². The summed E-state index contributed by atoms with van der Waals surface area (Å²) in [6.07, 6.45) is 2.26.